The predicted molar refractivity (Wildman–Crippen MR) is 29.8 cm³/mol. The first kappa shape index (κ1) is 5.98. The Morgan fingerprint density at radius 1 is 1.62 bits per heavy atom. The van der Waals surface area contributed by atoms with Crippen molar-refractivity contribution in [3.8, 4) is 0 Å². The van der Waals surface area contributed by atoms with E-state index in [4.69, 9.17) is 5.84 Å². The van der Waals surface area contributed by atoms with Crippen LogP contribution < -0.4 is 11.3 Å². The van der Waals surface area contributed by atoms with E-state index in [9.17, 15) is 4.39 Å². The van der Waals surface area contributed by atoms with Gasteiger partial charge >= 0.3 is 0 Å². The van der Waals surface area contributed by atoms with Gasteiger partial charge in [0.25, 0.3) is 0 Å². The summed E-state index contributed by atoms with van der Waals surface area (Å²) in [5.41, 5.74) is 2.52. The summed E-state index contributed by atoms with van der Waals surface area (Å²) in [6.45, 7) is 0.764. The maximum Gasteiger partial charge on any atom is 0.101 e. The highest BCUT2D eigenvalue weighted by atomic mass is 19.1. The first-order chi connectivity index (χ1) is 3.83. The van der Waals surface area contributed by atoms with Crippen LogP contribution >= 0.6 is 0 Å². The summed E-state index contributed by atoms with van der Waals surface area (Å²) >= 11 is 0. The summed E-state index contributed by atoms with van der Waals surface area (Å²) in [7, 11) is 0. The maximum absolute atomic E-state index is 12.0. The summed E-state index contributed by atoms with van der Waals surface area (Å²) in [6, 6.07) is 0. The number of rotatable bonds is 2. The van der Waals surface area contributed by atoms with E-state index >= 15 is 0 Å². The molecule has 1 saturated carbocycles. The van der Waals surface area contributed by atoms with Gasteiger partial charge in [0.1, 0.15) is 6.17 Å². The summed E-state index contributed by atoms with van der Waals surface area (Å²) in [4.78, 5) is 0. The zero-order valence-electron chi connectivity index (χ0n) is 4.73. The fraction of sp³-hybridized carbons (Fsp3) is 1.00. The molecule has 0 amide bonds. The number of nitrogens with two attached hydrogens (primary N) is 1. The van der Waals surface area contributed by atoms with Crippen molar-refractivity contribution in [2.75, 3.05) is 6.54 Å². The standard InChI is InChI=1S/C5H11FN2/c6-5-1-4(2-5)3-8-7/h4-5,8H,1-3,7H2. The average Bonchev–Trinajstić information content (AvgIpc) is 1.64. The van der Waals surface area contributed by atoms with Gasteiger partial charge in [-0.25, -0.2) is 4.39 Å². The van der Waals surface area contributed by atoms with Crippen molar-refractivity contribution >= 4 is 0 Å². The zero-order valence-corrected chi connectivity index (χ0v) is 4.73. The van der Waals surface area contributed by atoms with Gasteiger partial charge in [-0.15, -0.1) is 0 Å². The molecule has 3 N–H and O–H groups in total. The molecule has 3 heteroatoms. The van der Waals surface area contributed by atoms with Crippen LogP contribution in [0.3, 0.4) is 0 Å². The van der Waals surface area contributed by atoms with Crippen molar-refractivity contribution in [1.29, 1.82) is 0 Å². The normalized spacial score (nSPS) is 36.8. The molecule has 1 aliphatic carbocycles. The summed E-state index contributed by atoms with van der Waals surface area (Å²) in [5.74, 6) is 5.51. The Morgan fingerprint density at radius 3 is 2.62 bits per heavy atom. The number of hydrazine groups is 1. The van der Waals surface area contributed by atoms with Gasteiger partial charge in [-0.05, 0) is 18.8 Å². The van der Waals surface area contributed by atoms with Crippen molar-refractivity contribution < 1.29 is 4.39 Å². The van der Waals surface area contributed by atoms with E-state index in [0.29, 0.717) is 18.8 Å². The van der Waals surface area contributed by atoms with Crippen molar-refractivity contribution in [2.24, 2.45) is 11.8 Å². The van der Waals surface area contributed by atoms with Crippen LogP contribution in [0.1, 0.15) is 12.8 Å². The smallest absolute Gasteiger partial charge is 0.101 e. The first-order valence-electron chi connectivity index (χ1n) is 2.90. The van der Waals surface area contributed by atoms with Crippen LogP contribution in [0.15, 0.2) is 0 Å². The largest absolute Gasteiger partial charge is 0.271 e. The third kappa shape index (κ3) is 1.17. The molecule has 0 heterocycles. The molecule has 1 fully saturated rings. The Balaban J connectivity index is 1.98. The van der Waals surface area contributed by atoms with Gasteiger partial charge in [-0.1, -0.05) is 0 Å². The van der Waals surface area contributed by atoms with Crippen molar-refractivity contribution in [3.05, 3.63) is 0 Å². The number of halogens is 1. The Labute approximate surface area is 48.2 Å². The van der Waals surface area contributed by atoms with Crippen LogP contribution in [0.25, 0.3) is 0 Å². The van der Waals surface area contributed by atoms with Gasteiger partial charge in [0.2, 0.25) is 0 Å². The molecule has 0 aromatic heterocycles. The second-order valence-electron chi connectivity index (χ2n) is 2.34. The molecule has 0 aliphatic heterocycles. The number of alkyl halides is 1. The molecule has 2 nitrogen and oxygen atoms in total. The van der Waals surface area contributed by atoms with E-state index < -0.39 is 6.17 Å². The predicted octanol–water partition coefficient (Wildman–Crippen LogP) is 0.198. The molecule has 0 saturated heterocycles. The molecule has 0 atom stereocenters. The number of nitrogens with one attached hydrogen (secondary N) is 1. The monoisotopic (exact) mass is 118 g/mol. The van der Waals surface area contributed by atoms with Crippen LogP contribution in [-0.4, -0.2) is 12.7 Å². The van der Waals surface area contributed by atoms with E-state index in [-0.39, 0.29) is 0 Å². The van der Waals surface area contributed by atoms with Crippen molar-refractivity contribution in [3.63, 3.8) is 0 Å². The van der Waals surface area contributed by atoms with Crippen molar-refractivity contribution in [2.45, 2.75) is 19.0 Å². The van der Waals surface area contributed by atoms with Gasteiger partial charge in [-0.2, -0.15) is 0 Å². The fourth-order valence-electron chi connectivity index (χ4n) is 0.988. The Hall–Kier alpha value is -0.150. The maximum atomic E-state index is 12.0. The minimum Gasteiger partial charge on any atom is -0.271 e. The lowest BCUT2D eigenvalue weighted by Crippen LogP contribution is -2.36. The number of hydrogen-bond donors (Lipinski definition) is 2. The molecule has 1 rings (SSSR count). The Kier molecular flexibility index (Phi) is 1.81. The molecule has 48 valence electrons. The third-order valence-electron chi connectivity index (χ3n) is 1.58. The van der Waals surface area contributed by atoms with Crippen LogP contribution in [-0.2, 0) is 0 Å². The molecule has 0 aromatic carbocycles. The second kappa shape index (κ2) is 2.42. The Morgan fingerprint density at radius 2 is 2.25 bits per heavy atom. The van der Waals surface area contributed by atoms with E-state index in [1.807, 2.05) is 0 Å². The first-order valence-corrected chi connectivity index (χ1v) is 2.90. The minimum atomic E-state index is -0.548. The average molecular weight is 118 g/mol. The second-order valence-corrected chi connectivity index (χ2v) is 2.34. The SMILES string of the molecule is NNCC1CC(F)C1. The summed E-state index contributed by atoms with van der Waals surface area (Å²) in [5, 5.41) is 0. The molecule has 8 heavy (non-hydrogen) atoms. The third-order valence-corrected chi connectivity index (χ3v) is 1.58. The van der Waals surface area contributed by atoms with Gasteiger partial charge in [0.05, 0.1) is 0 Å². The van der Waals surface area contributed by atoms with Gasteiger partial charge in [0.15, 0.2) is 0 Å². The van der Waals surface area contributed by atoms with E-state index in [2.05, 4.69) is 5.43 Å². The van der Waals surface area contributed by atoms with Crippen LogP contribution in [0.2, 0.25) is 0 Å². The van der Waals surface area contributed by atoms with Gasteiger partial charge in [0, 0.05) is 6.54 Å². The lowest BCUT2D eigenvalue weighted by Gasteiger charge is -2.28. The minimum absolute atomic E-state index is 0.495. The molecule has 1 aliphatic rings. The molecule has 0 unspecified atom stereocenters. The molecular formula is C5H11FN2. The molecule has 0 aromatic rings. The lowest BCUT2D eigenvalue weighted by molar-refractivity contribution is 0.130. The van der Waals surface area contributed by atoms with E-state index in [0.717, 1.165) is 6.54 Å². The topological polar surface area (TPSA) is 38.0 Å². The fourth-order valence-corrected chi connectivity index (χ4v) is 0.988. The molecular weight excluding hydrogens is 107 g/mol. The van der Waals surface area contributed by atoms with Crippen LogP contribution in [0, 0.1) is 5.92 Å². The van der Waals surface area contributed by atoms with Crippen LogP contribution in [0.5, 0.6) is 0 Å². The molecule has 0 bridgehead atoms. The van der Waals surface area contributed by atoms with Gasteiger partial charge in [-0.3, -0.25) is 11.3 Å². The molecule has 0 spiro atoms. The van der Waals surface area contributed by atoms with E-state index in [1.165, 1.54) is 0 Å². The highest BCUT2D eigenvalue weighted by Gasteiger charge is 2.27. The summed E-state index contributed by atoms with van der Waals surface area (Å²) in [6.07, 6.45) is 0.849. The zero-order chi connectivity index (χ0) is 5.98. The number of hydrogen-bond acceptors (Lipinski definition) is 2. The Bertz CT molecular complexity index is 68.1. The quantitative estimate of drug-likeness (QED) is 0.401. The van der Waals surface area contributed by atoms with Gasteiger partial charge < -0.3 is 0 Å². The highest BCUT2D eigenvalue weighted by Crippen LogP contribution is 2.28. The summed E-state index contributed by atoms with van der Waals surface area (Å²) < 4.78 is 12.0. The highest BCUT2D eigenvalue weighted by molar-refractivity contribution is 4.79. The van der Waals surface area contributed by atoms with E-state index in [1.54, 1.807) is 0 Å². The molecule has 0 radical (unpaired) electrons. The van der Waals surface area contributed by atoms with Crippen LogP contribution in [0.4, 0.5) is 4.39 Å². The lowest BCUT2D eigenvalue weighted by atomic mass is 9.84. The van der Waals surface area contributed by atoms with Crippen molar-refractivity contribution in [1.82, 2.24) is 5.43 Å².